The summed E-state index contributed by atoms with van der Waals surface area (Å²) in [6, 6.07) is 1.72. The molecular weight excluding hydrogens is 297 g/mol. The second-order valence-electron chi connectivity index (χ2n) is 3.85. The lowest BCUT2D eigenvalue weighted by molar-refractivity contribution is -0.137. The van der Waals surface area contributed by atoms with Crippen LogP contribution in [0.3, 0.4) is 0 Å². The van der Waals surface area contributed by atoms with Crippen LogP contribution in [-0.4, -0.2) is 33.4 Å². The third-order valence-electron chi connectivity index (χ3n) is 2.45. The summed E-state index contributed by atoms with van der Waals surface area (Å²) in [4.78, 5) is 15.6. The van der Waals surface area contributed by atoms with Crippen molar-refractivity contribution in [3.8, 4) is 0 Å². The fourth-order valence-corrected chi connectivity index (χ4v) is 4.08. The molecule has 0 saturated carbocycles. The van der Waals surface area contributed by atoms with Crippen molar-refractivity contribution in [2.24, 2.45) is 0 Å². The summed E-state index contributed by atoms with van der Waals surface area (Å²) in [6.45, 7) is 0. The lowest BCUT2D eigenvalue weighted by Crippen LogP contribution is -2.30. The second kappa shape index (κ2) is 6.04. The molecule has 1 atom stereocenters. The Morgan fingerprint density at radius 3 is 2.84 bits per heavy atom. The summed E-state index contributed by atoms with van der Waals surface area (Å²) < 4.78 is 37.5. The molecule has 1 aliphatic heterocycles. The number of thioether (sulfide) groups is 2. The Hall–Kier alpha value is -0.890. The third-order valence-corrected chi connectivity index (χ3v) is 5.20. The number of amides is 1. The normalized spacial score (nSPS) is 20.1. The molecule has 1 unspecified atom stereocenters. The number of hydrogen-bond donors (Lipinski definition) is 1. The van der Waals surface area contributed by atoms with Gasteiger partial charge in [0.25, 0.3) is 0 Å². The molecule has 2 heterocycles. The highest BCUT2D eigenvalue weighted by atomic mass is 32.2. The monoisotopic (exact) mass is 308 g/mol. The average molecular weight is 308 g/mol. The molecule has 0 spiro atoms. The molecule has 1 aromatic rings. The van der Waals surface area contributed by atoms with Crippen LogP contribution in [0.25, 0.3) is 0 Å². The minimum atomic E-state index is -4.43. The van der Waals surface area contributed by atoms with Crippen molar-refractivity contribution in [3.63, 3.8) is 0 Å². The van der Waals surface area contributed by atoms with Gasteiger partial charge in [-0.25, -0.2) is 4.98 Å². The van der Waals surface area contributed by atoms with Gasteiger partial charge in [0.2, 0.25) is 5.91 Å². The third kappa shape index (κ3) is 4.04. The van der Waals surface area contributed by atoms with Crippen molar-refractivity contribution < 1.29 is 18.0 Å². The van der Waals surface area contributed by atoms with Crippen molar-refractivity contribution in [1.82, 2.24) is 4.98 Å². The molecule has 0 aromatic carbocycles. The Kier molecular flexibility index (Phi) is 4.62. The molecule has 1 fully saturated rings. The molecule has 19 heavy (non-hydrogen) atoms. The molecule has 1 aliphatic rings. The van der Waals surface area contributed by atoms with Gasteiger partial charge < -0.3 is 5.32 Å². The van der Waals surface area contributed by atoms with E-state index < -0.39 is 11.7 Å². The fraction of sp³-hybridized carbons (Fsp3) is 0.455. The van der Waals surface area contributed by atoms with Gasteiger partial charge in [0, 0.05) is 23.5 Å². The topological polar surface area (TPSA) is 42.0 Å². The molecule has 0 aliphatic carbocycles. The van der Waals surface area contributed by atoms with Gasteiger partial charge in [-0.05, 0) is 12.1 Å². The van der Waals surface area contributed by atoms with Crippen LogP contribution in [0, 0.1) is 0 Å². The smallest absolute Gasteiger partial charge is 0.310 e. The number of pyridine rings is 1. The zero-order chi connectivity index (χ0) is 13.9. The molecule has 3 nitrogen and oxygen atoms in total. The second-order valence-corrected chi connectivity index (χ2v) is 6.31. The van der Waals surface area contributed by atoms with E-state index in [2.05, 4.69) is 10.3 Å². The molecular formula is C11H11F3N2OS2. The van der Waals surface area contributed by atoms with Gasteiger partial charge in [-0.1, -0.05) is 0 Å². The van der Waals surface area contributed by atoms with E-state index in [-0.39, 0.29) is 17.0 Å². The molecule has 8 heteroatoms. The number of rotatable bonds is 2. The largest absolute Gasteiger partial charge is 0.416 e. The van der Waals surface area contributed by atoms with E-state index in [1.165, 1.54) is 11.8 Å². The minimum absolute atomic E-state index is 0.0593. The maximum atomic E-state index is 12.5. The van der Waals surface area contributed by atoms with Crippen LogP contribution in [0.4, 0.5) is 19.0 Å². The quantitative estimate of drug-likeness (QED) is 0.912. The number of anilines is 1. The Morgan fingerprint density at radius 1 is 1.42 bits per heavy atom. The first-order valence-electron chi connectivity index (χ1n) is 5.50. The number of aromatic nitrogens is 1. The first-order valence-corrected chi connectivity index (χ1v) is 7.70. The Balaban J connectivity index is 2.04. The van der Waals surface area contributed by atoms with Crippen LogP contribution in [-0.2, 0) is 11.0 Å². The Morgan fingerprint density at radius 2 is 2.21 bits per heavy atom. The van der Waals surface area contributed by atoms with Crippen LogP contribution >= 0.6 is 23.5 Å². The van der Waals surface area contributed by atoms with Gasteiger partial charge in [-0.2, -0.15) is 24.9 Å². The summed E-state index contributed by atoms with van der Waals surface area (Å²) in [6.07, 6.45) is -3.39. The highest BCUT2D eigenvalue weighted by Crippen LogP contribution is 2.30. The van der Waals surface area contributed by atoms with Crippen LogP contribution in [0.2, 0.25) is 0 Å². The molecule has 1 amide bonds. The lowest BCUT2D eigenvalue weighted by atomic mass is 10.2. The molecule has 2 rings (SSSR count). The van der Waals surface area contributed by atoms with Gasteiger partial charge in [0.1, 0.15) is 5.82 Å². The molecule has 1 saturated heterocycles. The van der Waals surface area contributed by atoms with Crippen LogP contribution in [0.1, 0.15) is 5.56 Å². The predicted molar refractivity (Wildman–Crippen MR) is 71.4 cm³/mol. The SMILES string of the molecule is O=C(Nc1cc(C(F)(F)F)ccn1)C1CSCCS1. The van der Waals surface area contributed by atoms with Crippen LogP contribution in [0.5, 0.6) is 0 Å². The van der Waals surface area contributed by atoms with E-state index >= 15 is 0 Å². The van der Waals surface area contributed by atoms with E-state index in [0.717, 1.165) is 29.8 Å². The fourth-order valence-electron chi connectivity index (χ4n) is 1.52. The molecule has 0 bridgehead atoms. The van der Waals surface area contributed by atoms with Gasteiger partial charge >= 0.3 is 6.18 Å². The number of alkyl halides is 3. The first kappa shape index (κ1) is 14.5. The predicted octanol–water partition coefficient (Wildman–Crippen LogP) is 2.89. The maximum absolute atomic E-state index is 12.5. The number of carbonyl (C=O) groups excluding carboxylic acids is 1. The molecule has 1 N–H and O–H groups in total. The minimum Gasteiger partial charge on any atom is -0.310 e. The summed E-state index contributed by atoms with van der Waals surface area (Å²) >= 11 is 3.18. The summed E-state index contributed by atoms with van der Waals surface area (Å²) in [7, 11) is 0. The van der Waals surface area contributed by atoms with Crippen LogP contribution in [0.15, 0.2) is 18.3 Å². The van der Waals surface area contributed by atoms with Crippen molar-refractivity contribution in [2.75, 3.05) is 22.6 Å². The number of hydrogen-bond acceptors (Lipinski definition) is 4. The average Bonchev–Trinajstić information content (AvgIpc) is 2.39. The standard InChI is InChI=1S/C11H11F3N2OS2/c12-11(13,14)7-1-2-15-9(5-7)16-10(17)8-6-18-3-4-19-8/h1-2,5,8H,3-4,6H2,(H,15,16,17). The summed E-state index contributed by atoms with van der Waals surface area (Å²) in [5.41, 5.74) is -0.816. The van der Waals surface area contributed by atoms with E-state index in [1.807, 2.05) is 0 Å². The number of carbonyl (C=O) groups is 1. The summed E-state index contributed by atoms with van der Waals surface area (Å²) in [5, 5.41) is 2.21. The Labute approximate surface area is 116 Å². The van der Waals surface area contributed by atoms with Crippen molar-refractivity contribution in [1.29, 1.82) is 0 Å². The number of halogens is 3. The molecule has 0 radical (unpaired) electrons. The van der Waals surface area contributed by atoms with Crippen molar-refractivity contribution in [3.05, 3.63) is 23.9 Å². The van der Waals surface area contributed by atoms with Gasteiger partial charge in [-0.15, -0.1) is 11.8 Å². The molecule has 104 valence electrons. The zero-order valence-electron chi connectivity index (χ0n) is 9.74. The van der Waals surface area contributed by atoms with Crippen molar-refractivity contribution in [2.45, 2.75) is 11.4 Å². The maximum Gasteiger partial charge on any atom is 0.416 e. The van der Waals surface area contributed by atoms with Gasteiger partial charge in [0.05, 0.1) is 10.8 Å². The lowest BCUT2D eigenvalue weighted by Gasteiger charge is -2.20. The van der Waals surface area contributed by atoms with Gasteiger partial charge in [0.15, 0.2) is 0 Å². The van der Waals surface area contributed by atoms with E-state index in [1.54, 1.807) is 11.8 Å². The Bertz CT molecular complexity index is 461. The zero-order valence-corrected chi connectivity index (χ0v) is 11.4. The highest BCUT2D eigenvalue weighted by Gasteiger charge is 2.31. The van der Waals surface area contributed by atoms with Crippen molar-refractivity contribution >= 4 is 35.2 Å². The highest BCUT2D eigenvalue weighted by molar-refractivity contribution is 8.07. The first-order chi connectivity index (χ1) is 8.97. The summed E-state index contributed by atoms with van der Waals surface area (Å²) in [5.74, 6) is 2.20. The van der Waals surface area contributed by atoms with Crippen LogP contribution < -0.4 is 5.32 Å². The number of nitrogens with one attached hydrogen (secondary N) is 1. The van der Waals surface area contributed by atoms with Gasteiger partial charge in [-0.3, -0.25) is 4.79 Å². The molecule has 1 aromatic heterocycles. The van der Waals surface area contributed by atoms with E-state index in [4.69, 9.17) is 0 Å². The number of nitrogens with zero attached hydrogens (tertiary/aromatic N) is 1. The van der Waals surface area contributed by atoms with E-state index in [9.17, 15) is 18.0 Å². The van der Waals surface area contributed by atoms with E-state index in [0.29, 0.717) is 5.75 Å².